The van der Waals surface area contributed by atoms with E-state index in [1.165, 1.54) is 0 Å². The van der Waals surface area contributed by atoms with Crippen LogP contribution < -0.4 is 0 Å². The SMILES string of the molecule is Cc1cc(Br)cc(CN2CC(C)OC(C)(C)C2)c1O. The van der Waals surface area contributed by atoms with E-state index in [-0.39, 0.29) is 11.7 Å². The molecular weight excluding hydrogens is 306 g/mol. The van der Waals surface area contributed by atoms with Crippen LogP contribution in [0, 0.1) is 6.92 Å². The van der Waals surface area contributed by atoms with Gasteiger partial charge < -0.3 is 9.84 Å². The second kappa shape index (κ2) is 5.43. The summed E-state index contributed by atoms with van der Waals surface area (Å²) < 4.78 is 6.92. The number of aryl methyl sites for hydroxylation is 1. The Labute approximate surface area is 123 Å². The molecule has 1 saturated heterocycles. The Hall–Kier alpha value is -0.580. The fraction of sp³-hybridized carbons (Fsp3) is 0.600. The Morgan fingerprint density at radius 1 is 1.47 bits per heavy atom. The minimum atomic E-state index is -0.131. The first-order chi connectivity index (χ1) is 8.77. The van der Waals surface area contributed by atoms with Gasteiger partial charge in [0.05, 0.1) is 11.7 Å². The molecule has 0 radical (unpaired) electrons. The quantitative estimate of drug-likeness (QED) is 0.902. The first-order valence-corrected chi connectivity index (χ1v) is 7.44. The van der Waals surface area contributed by atoms with E-state index >= 15 is 0 Å². The van der Waals surface area contributed by atoms with Gasteiger partial charge in [0.25, 0.3) is 0 Å². The monoisotopic (exact) mass is 327 g/mol. The number of rotatable bonds is 2. The smallest absolute Gasteiger partial charge is 0.123 e. The predicted molar refractivity (Wildman–Crippen MR) is 80.4 cm³/mol. The zero-order valence-electron chi connectivity index (χ0n) is 12.0. The van der Waals surface area contributed by atoms with Crippen LogP contribution >= 0.6 is 15.9 Å². The number of phenols is 1. The summed E-state index contributed by atoms with van der Waals surface area (Å²) in [5, 5.41) is 10.2. The lowest BCUT2D eigenvalue weighted by atomic mass is 10.0. The molecule has 1 aliphatic rings. The average molecular weight is 328 g/mol. The van der Waals surface area contributed by atoms with Gasteiger partial charge in [0, 0.05) is 29.7 Å². The highest BCUT2D eigenvalue weighted by Gasteiger charge is 2.31. The third kappa shape index (κ3) is 3.71. The highest BCUT2D eigenvalue weighted by atomic mass is 79.9. The number of morpholine rings is 1. The van der Waals surface area contributed by atoms with Crippen LogP contribution in [0.4, 0.5) is 0 Å². The molecular formula is C15H22BrNO2. The summed E-state index contributed by atoms with van der Waals surface area (Å²) in [6.07, 6.45) is 0.221. The molecule has 2 rings (SSSR count). The first-order valence-electron chi connectivity index (χ1n) is 6.65. The molecule has 1 aliphatic heterocycles. The van der Waals surface area contributed by atoms with E-state index < -0.39 is 0 Å². The van der Waals surface area contributed by atoms with Crippen LogP contribution in [0.5, 0.6) is 5.75 Å². The molecule has 0 amide bonds. The molecule has 106 valence electrons. The first kappa shape index (κ1) is 14.8. The number of halogens is 1. The Morgan fingerprint density at radius 2 is 2.16 bits per heavy atom. The summed E-state index contributed by atoms with van der Waals surface area (Å²) in [6.45, 7) is 10.8. The van der Waals surface area contributed by atoms with Gasteiger partial charge >= 0.3 is 0 Å². The molecule has 1 aromatic carbocycles. The third-order valence-electron chi connectivity index (χ3n) is 3.38. The molecule has 1 aromatic rings. The summed E-state index contributed by atoms with van der Waals surface area (Å²) >= 11 is 3.49. The number of aromatic hydroxyl groups is 1. The zero-order chi connectivity index (χ0) is 14.2. The maximum atomic E-state index is 10.2. The second-order valence-electron chi connectivity index (χ2n) is 6.09. The van der Waals surface area contributed by atoms with Crippen molar-refractivity contribution < 1.29 is 9.84 Å². The van der Waals surface area contributed by atoms with E-state index in [0.717, 1.165) is 35.2 Å². The van der Waals surface area contributed by atoms with Crippen LogP contribution in [-0.4, -0.2) is 34.8 Å². The van der Waals surface area contributed by atoms with Gasteiger partial charge in [-0.3, -0.25) is 4.90 Å². The number of hydrogen-bond donors (Lipinski definition) is 1. The lowest BCUT2D eigenvalue weighted by Gasteiger charge is -2.41. The molecule has 4 heteroatoms. The van der Waals surface area contributed by atoms with E-state index in [4.69, 9.17) is 4.74 Å². The summed E-state index contributed by atoms with van der Waals surface area (Å²) in [5.41, 5.74) is 1.75. The summed E-state index contributed by atoms with van der Waals surface area (Å²) in [5.74, 6) is 0.403. The van der Waals surface area contributed by atoms with E-state index in [1.54, 1.807) is 0 Å². The van der Waals surface area contributed by atoms with Crippen molar-refractivity contribution in [3.63, 3.8) is 0 Å². The topological polar surface area (TPSA) is 32.7 Å². The minimum Gasteiger partial charge on any atom is -0.507 e. The second-order valence-corrected chi connectivity index (χ2v) is 7.00. The molecule has 1 N–H and O–H groups in total. The Kier molecular flexibility index (Phi) is 4.23. The number of hydrogen-bond acceptors (Lipinski definition) is 3. The van der Waals surface area contributed by atoms with Gasteiger partial charge in [0.1, 0.15) is 5.75 Å². The van der Waals surface area contributed by atoms with Gasteiger partial charge in [0.15, 0.2) is 0 Å². The van der Waals surface area contributed by atoms with Crippen molar-refractivity contribution in [3.05, 3.63) is 27.7 Å². The molecule has 1 fully saturated rings. The summed E-state index contributed by atoms with van der Waals surface area (Å²) in [7, 11) is 0. The van der Waals surface area contributed by atoms with Crippen LogP contribution in [0.25, 0.3) is 0 Å². The van der Waals surface area contributed by atoms with Gasteiger partial charge in [-0.05, 0) is 45.4 Å². The largest absolute Gasteiger partial charge is 0.507 e. The molecule has 0 bridgehead atoms. The van der Waals surface area contributed by atoms with Crippen molar-refractivity contribution in [2.45, 2.75) is 45.9 Å². The van der Waals surface area contributed by atoms with Crippen molar-refractivity contribution >= 4 is 15.9 Å². The fourth-order valence-electron chi connectivity index (χ4n) is 2.87. The number of phenolic OH excluding ortho intramolecular Hbond substituents is 1. The molecule has 0 aromatic heterocycles. The minimum absolute atomic E-state index is 0.131. The number of benzene rings is 1. The van der Waals surface area contributed by atoms with E-state index in [2.05, 4.69) is 41.6 Å². The van der Waals surface area contributed by atoms with Crippen LogP contribution in [0.2, 0.25) is 0 Å². The molecule has 1 heterocycles. The predicted octanol–water partition coefficient (Wildman–Crippen LogP) is 3.46. The molecule has 1 unspecified atom stereocenters. The maximum absolute atomic E-state index is 10.2. The Morgan fingerprint density at radius 3 is 2.79 bits per heavy atom. The van der Waals surface area contributed by atoms with Crippen molar-refractivity contribution in [3.8, 4) is 5.75 Å². The molecule has 19 heavy (non-hydrogen) atoms. The highest BCUT2D eigenvalue weighted by molar-refractivity contribution is 9.10. The standard InChI is InChI=1S/C15H22BrNO2/c1-10-5-13(16)6-12(14(10)18)8-17-7-11(2)19-15(3,4)9-17/h5-6,11,18H,7-9H2,1-4H3. The summed E-state index contributed by atoms with van der Waals surface area (Å²) in [6, 6.07) is 3.93. The Balaban J connectivity index is 2.17. The molecule has 3 nitrogen and oxygen atoms in total. The number of ether oxygens (including phenoxy) is 1. The molecule has 0 spiro atoms. The van der Waals surface area contributed by atoms with Crippen LogP contribution in [0.1, 0.15) is 31.9 Å². The number of nitrogens with zero attached hydrogens (tertiary/aromatic N) is 1. The van der Waals surface area contributed by atoms with Gasteiger partial charge in [-0.2, -0.15) is 0 Å². The van der Waals surface area contributed by atoms with Gasteiger partial charge in [-0.25, -0.2) is 0 Å². The Bertz CT molecular complexity index is 473. The van der Waals surface area contributed by atoms with Crippen LogP contribution in [-0.2, 0) is 11.3 Å². The van der Waals surface area contributed by atoms with Crippen LogP contribution in [0.3, 0.4) is 0 Å². The van der Waals surface area contributed by atoms with Gasteiger partial charge in [0.2, 0.25) is 0 Å². The van der Waals surface area contributed by atoms with E-state index in [0.29, 0.717) is 5.75 Å². The van der Waals surface area contributed by atoms with Crippen molar-refractivity contribution in [2.24, 2.45) is 0 Å². The maximum Gasteiger partial charge on any atom is 0.123 e. The zero-order valence-corrected chi connectivity index (χ0v) is 13.6. The third-order valence-corrected chi connectivity index (χ3v) is 3.84. The average Bonchev–Trinajstić information content (AvgIpc) is 2.22. The van der Waals surface area contributed by atoms with Gasteiger partial charge in [-0.1, -0.05) is 15.9 Å². The van der Waals surface area contributed by atoms with E-state index in [1.807, 2.05) is 19.1 Å². The normalized spacial score (nSPS) is 23.5. The van der Waals surface area contributed by atoms with Crippen molar-refractivity contribution in [2.75, 3.05) is 13.1 Å². The fourth-order valence-corrected chi connectivity index (χ4v) is 3.49. The van der Waals surface area contributed by atoms with E-state index in [9.17, 15) is 5.11 Å². The molecule has 1 atom stereocenters. The van der Waals surface area contributed by atoms with Crippen molar-refractivity contribution in [1.82, 2.24) is 4.90 Å². The molecule has 0 saturated carbocycles. The summed E-state index contributed by atoms with van der Waals surface area (Å²) in [4.78, 5) is 2.34. The van der Waals surface area contributed by atoms with Crippen LogP contribution in [0.15, 0.2) is 16.6 Å². The molecule has 0 aliphatic carbocycles. The van der Waals surface area contributed by atoms with Gasteiger partial charge in [-0.15, -0.1) is 0 Å². The highest BCUT2D eigenvalue weighted by Crippen LogP contribution is 2.29. The van der Waals surface area contributed by atoms with Crippen molar-refractivity contribution in [1.29, 1.82) is 0 Å². The lowest BCUT2D eigenvalue weighted by molar-refractivity contribution is -0.130. The lowest BCUT2D eigenvalue weighted by Crippen LogP contribution is -2.51.